The van der Waals surface area contributed by atoms with Crippen molar-refractivity contribution < 1.29 is 19.1 Å². The maximum atomic E-state index is 12.3. The van der Waals surface area contributed by atoms with Gasteiger partial charge in [-0.1, -0.05) is 6.07 Å². The molecule has 1 aromatic rings. The molecule has 0 aliphatic carbocycles. The molecule has 2 heterocycles. The standard InChI is InChI=1S/C16H21N3O4.ClH/c1-9(18-16(21)14-5-3-11(7-17)23-14)10-2-4-13-12(6-10)19-15(20)8-22-13;/h2,4,6,9,11,14H,3,5,7-8,17H2,1H3,(H,18,21)(H,19,20);1H/t9?,11-,14+;/m1./s1. The Labute approximate surface area is 146 Å². The summed E-state index contributed by atoms with van der Waals surface area (Å²) in [5, 5.41) is 5.70. The molecule has 7 nitrogen and oxygen atoms in total. The SMILES string of the molecule is CC(NC(=O)[C@@H]1CC[C@H](CN)O1)c1ccc2c(c1)NC(=O)CO2.Cl. The average molecular weight is 356 g/mol. The minimum absolute atomic E-state index is 0. The number of carbonyl (C=O) groups excluding carboxylic acids is 2. The van der Waals surface area contributed by atoms with Gasteiger partial charge in [-0.2, -0.15) is 0 Å². The van der Waals surface area contributed by atoms with E-state index in [4.69, 9.17) is 15.2 Å². The lowest BCUT2D eigenvalue weighted by molar-refractivity contribution is -0.132. The Morgan fingerprint density at radius 3 is 2.96 bits per heavy atom. The molecule has 1 unspecified atom stereocenters. The van der Waals surface area contributed by atoms with Crippen LogP contribution in [0.3, 0.4) is 0 Å². The molecule has 1 saturated heterocycles. The van der Waals surface area contributed by atoms with Crippen LogP contribution in [0.1, 0.15) is 31.4 Å². The van der Waals surface area contributed by atoms with Crippen LogP contribution in [0.5, 0.6) is 5.75 Å². The summed E-state index contributed by atoms with van der Waals surface area (Å²) < 4.78 is 10.9. The highest BCUT2D eigenvalue weighted by Crippen LogP contribution is 2.30. The van der Waals surface area contributed by atoms with E-state index in [1.54, 1.807) is 6.07 Å². The van der Waals surface area contributed by atoms with Crippen molar-refractivity contribution in [1.82, 2.24) is 5.32 Å². The number of hydrogen-bond donors (Lipinski definition) is 3. The van der Waals surface area contributed by atoms with Crippen molar-refractivity contribution in [3.63, 3.8) is 0 Å². The second-order valence-electron chi connectivity index (χ2n) is 5.88. The van der Waals surface area contributed by atoms with Crippen LogP contribution in [0, 0.1) is 0 Å². The van der Waals surface area contributed by atoms with E-state index >= 15 is 0 Å². The monoisotopic (exact) mass is 355 g/mol. The molecule has 0 aromatic heterocycles. The summed E-state index contributed by atoms with van der Waals surface area (Å²) in [5.74, 6) is 0.321. The first-order valence-electron chi connectivity index (χ1n) is 7.79. The van der Waals surface area contributed by atoms with Gasteiger partial charge in [0.15, 0.2) is 6.61 Å². The van der Waals surface area contributed by atoms with Crippen molar-refractivity contribution in [2.75, 3.05) is 18.5 Å². The van der Waals surface area contributed by atoms with Crippen molar-refractivity contribution in [3.05, 3.63) is 23.8 Å². The Morgan fingerprint density at radius 2 is 2.25 bits per heavy atom. The summed E-state index contributed by atoms with van der Waals surface area (Å²) in [6.07, 6.45) is 1.03. The van der Waals surface area contributed by atoms with Crippen molar-refractivity contribution >= 4 is 29.9 Å². The molecule has 2 amide bonds. The highest BCUT2D eigenvalue weighted by atomic mass is 35.5. The smallest absolute Gasteiger partial charge is 0.262 e. The summed E-state index contributed by atoms with van der Waals surface area (Å²) >= 11 is 0. The van der Waals surface area contributed by atoms with Gasteiger partial charge < -0.3 is 25.8 Å². The lowest BCUT2D eigenvalue weighted by atomic mass is 10.1. The van der Waals surface area contributed by atoms with Gasteiger partial charge in [-0.15, -0.1) is 12.4 Å². The van der Waals surface area contributed by atoms with E-state index in [1.807, 2.05) is 19.1 Å². The topological polar surface area (TPSA) is 103 Å². The van der Waals surface area contributed by atoms with Gasteiger partial charge in [0.25, 0.3) is 5.91 Å². The number of anilines is 1. The number of fused-ring (bicyclic) bond motifs is 1. The number of carbonyl (C=O) groups is 2. The Hall–Kier alpha value is -1.83. The lowest BCUT2D eigenvalue weighted by Gasteiger charge is -2.22. The second kappa shape index (κ2) is 7.83. The fourth-order valence-electron chi connectivity index (χ4n) is 2.83. The highest BCUT2D eigenvalue weighted by molar-refractivity contribution is 5.95. The molecule has 2 aliphatic heterocycles. The number of amides is 2. The third-order valence-electron chi connectivity index (χ3n) is 4.16. The van der Waals surface area contributed by atoms with E-state index in [0.29, 0.717) is 24.4 Å². The first kappa shape index (κ1) is 18.5. The molecule has 0 saturated carbocycles. The first-order chi connectivity index (χ1) is 11.1. The van der Waals surface area contributed by atoms with Crippen LogP contribution < -0.4 is 21.1 Å². The summed E-state index contributed by atoms with van der Waals surface area (Å²) in [5.41, 5.74) is 7.07. The molecular formula is C16H22ClN3O4. The number of rotatable bonds is 4. The third-order valence-corrected chi connectivity index (χ3v) is 4.16. The molecule has 1 aromatic carbocycles. The maximum absolute atomic E-state index is 12.3. The van der Waals surface area contributed by atoms with E-state index in [0.717, 1.165) is 12.0 Å². The zero-order valence-electron chi connectivity index (χ0n) is 13.4. The van der Waals surface area contributed by atoms with Gasteiger partial charge in [0.1, 0.15) is 11.9 Å². The molecule has 0 radical (unpaired) electrons. The minimum atomic E-state index is -0.438. The van der Waals surface area contributed by atoms with Gasteiger partial charge in [-0.25, -0.2) is 0 Å². The van der Waals surface area contributed by atoms with Gasteiger partial charge in [0.05, 0.1) is 17.8 Å². The largest absolute Gasteiger partial charge is 0.482 e. The number of halogens is 1. The molecule has 0 bridgehead atoms. The van der Waals surface area contributed by atoms with Crippen LogP contribution in [0.4, 0.5) is 5.69 Å². The molecule has 132 valence electrons. The summed E-state index contributed by atoms with van der Waals surface area (Å²) in [6, 6.07) is 5.28. The van der Waals surface area contributed by atoms with Crippen molar-refractivity contribution in [3.8, 4) is 5.75 Å². The lowest BCUT2D eigenvalue weighted by Crippen LogP contribution is -2.37. The number of ether oxygens (including phenoxy) is 2. The summed E-state index contributed by atoms with van der Waals surface area (Å²) in [6.45, 7) is 2.35. The Morgan fingerprint density at radius 1 is 1.46 bits per heavy atom. The van der Waals surface area contributed by atoms with Crippen LogP contribution in [0.25, 0.3) is 0 Å². The first-order valence-corrected chi connectivity index (χ1v) is 7.79. The molecule has 0 spiro atoms. The van der Waals surface area contributed by atoms with E-state index < -0.39 is 6.10 Å². The molecule has 3 atom stereocenters. The van der Waals surface area contributed by atoms with E-state index in [-0.39, 0.29) is 43.0 Å². The predicted octanol–water partition coefficient (Wildman–Crippen LogP) is 1.12. The van der Waals surface area contributed by atoms with Crippen LogP contribution >= 0.6 is 12.4 Å². The molecule has 4 N–H and O–H groups in total. The highest BCUT2D eigenvalue weighted by Gasteiger charge is 2.30. The predicted molar refractivity (Wildman–Crippen MR) is 91.3 cm³/mol. The fraction of sp³-hybridized carbons (Fsp3) is 0.500. The van der Waals surface area contributed by atoms with Gasteiger partial charge >= 0.3 is 0 Å². The van der Waals surface area contributed by atoms with Gasteiger partial charge in [0.2, 0.25) is 5.91 Å². The van der Waals surface area contributed by atoms with Crippen molar-refractivity contribution in [2.45, 2.75) is 38.0 Å². The van der Waals surface area contributed by atoms with E-state index in [2.05, 4.69) is 10.6 Å². The van der Waals surface area contributed by atoms with E-state index in [9.17, 15) is 9.59 Å². The minimum Gasteiger partial charge on any atom is -0.482 e. The van der Waals surface area contributed by atoms with Gasteiger partial charge in [0, 0.05) is 6.54 Å². The van der Waals surface area contributed by atoms with Gasteiger partial charge in [-0.05, 0) is 37.5 Å². The molecule has 3 rings (SSSR count). The normalized spacial score (nSPS) is 23.3. The molecular weight excluding hydrogens is 334 g/mol. The molecule has 1 fully saturated rings. The van der Waals surface area contributed by atoms with E-state index in [1.165, 1.54) is 0 Å². The Balaban J connectivity index is 0.00000208. The zero-order chi connectivity index (χ0) is 16.4. The maximum Gasteiger partial charge on any atom is 0.262 e. The summed E-state index contributed by atoms with van der Waals surface area (Å²) in [7, 11) is 0. The fourth-order valence-corrected chi connectivity index (χ4v) is 2.83. The van der Waals surface area contributed by atoms with Crippen molar-refractivity contribution in [2.24, 2.45) is 5.73 Å². The average Bonchev–Trinajstić information content (AvgIpc) is 3.03. The molecule has 8 heteroatoms. The number of nitrogens with two attached hydrogens (primary N) is 1. The summed E-state index contributed by atoms with van der Waals surface area (Å²) in [4.78, 5) is 23.6. The number of nitrogens with one attached hydrogen (secondary N) is 2. The van der Waals surface area contributed by atoms with Crippen LogP contribution in [0.15, 0.2) is 18.2 Å². The number of benzene rings is 1. The van der Waals surface area contributed by atoms with Crippen molar-refractivity contribution in [1.29, 1.82) is 0 Å². The van der Waals surface area contributed by atoms with Gasteiger partial charge in [-0.3, -0.25) is 9.59 Å². The third kappa shape index (κ3) is 3.98. The zero-order valence-corrected chi connectivity index (χ0v) is 14.2. The Bertz CT molecular complexity index is 625. The molecule has 24 heavy (non-hydrogen) atoms. The van der Waals surface area contributed by atoms with Crippen LogP contribution in [-0.2, 0) is 14.3 Å². The number of hydrogen-bond acceptors (Lipinski definition) is 5. The van der Waals surface area contributed by atoms with Crippen LogP contribution in [-0.4, -0.2) is 37.2 Å². The molecule has 2 aliphatic rings. The Kier molecular flexibility index (Phi) is 6.04. The quantitative estimate of drug-likeness (QED) is 0.751. The second-order valence-corrected chi connectivity index (χ2v) is 5.88. The van der Waals surface area contributed by atoms with Crippen LogP contribution in [0.2, 0.25) is 0 Å².